The number of fused-ring (bicyclic) bond motifs is 3. The zero-order valence-corrected chi connectivity index (χ0v) is 15.4. The molecule has 0 bridgehead atoms. The predicted molar refractivity (Wildman–Crippen MR) is 99.0 cm³/mol. The maximum absolute atomic E-state index is 14.8. The fourth-order valence-electron chi connectivity index (χ4n) is 3.94. The van der Waals surface area contributed by atoms with E-state index >= 15 is 0 Å². The van der Waals surface area contributed by atoms with Crippen LogP contribution in [0, 0.1) is 17.5 Å². The van der Waals surface area contributed by atoms with Crippen LogP contribution in [-0.2, 0) is 19.0 Å². The Morgan fingerprint density at radius 1 is 0.759 bits per heavy atom. The molecule has 1 aliphatic rings. The lowest BCUT2D eigenvalue weighted by molar-refractivity contribution is -0.142. The molecule has 0 fully saturated rings. The maximum Gasteiger partial charge on any atom is 0.422 e. The second kappa shape index (κ2) is 6.94. The number of aryl methyl sites for hydroxylation is 1. The van der Waals surface area contributed by atoms with Gasteiger partial charge in [-0.25, -0.2) is 13.2 Å². The summed E-state index contributed by atoms with van der Waals surface area (Å²) < 4.78 is 81.0. The highest BCUT2D eigenvalue weighted by Gasteiger charge is 2.38. The Bertz CT molecular complexity index is 1090. The lowest BCUT2D eigenvalue weighted by atomic mass is 9.97. The first kappa shape index (κ1) is 19.6. The van der Waals surface area contributed by atoms with Gasteiger partial charge in [0.05, 0.1) is 0 Å². The number of alkyl halides is 3. The van der Waals surface area contributed by atoms with E-state index in [4.69, 9.17) is 0 Å². The van der Waals surface area contributed by atoms with Crippen LogP contribution in [0.2, 0.25) is 0 Å². The molecule has 1 aliphatic carbocycles. The van der Waals surface area contributed by atoms with Gasteiger partial charge in [0.1, 0.15) is 23.0 Å². The molecular weight excluding hydrogens is 390 g/mol. The van der Waals surface area contributed by atoms with Crippen molar-refractivity contribution in [3.8, 4) is 22.3 Å². The monoisotopic (exact) mass is 406 g/mol. The smallest absolute Gasteiger partial charge is 0.206 e. The van der Waals surface area contributed by atoms with Crippen molar-refractivity contribution in [3.63, 3.8) is 0 Å². The second-order valence-corrected chi connectivity index (χ2v) is 7.22. The Kier molecular flexibility index (Phi) is 4.68. The highest BCUT2D eigenvalue weighted by atomic mass is 19.4. The third-order valence-electron chi connectivity index (χ3n) is 5.21. The molecule has 0 spiro atoms. The molecule has 0 unspecified atom stereocenters. The number of benzene rings is 3. The number of halogens is 6. The Labute approximate surface area is 163 Å². The molecule has 0 saturated heterocycles. The summed E-state index contributed by atoms with van der Waals surface area (Å²) in [4.78, 5) is 0. The predicted octanol–water partition coefficient (Wildman–Crippen LogP) is 7.31. The first-order valence-electron chi connectivity index (χ1n) is 9.20. The number of rotatable bonds is 3. The van der Waals surface area contributed by atoms with E-state index in [9.17, 15) is 26.3 Å². The summed E-state index contributed by atoms with van der Waals surface area (Å²) >= 11 is 0. The highest BCUT2D eigenvalue weighted by Crippen LogP contribution is 2.42. The molecule has 4 rings (SSSR count). The van der Waals surface area contributed by atoms with Crippen molar-refractivity contribution in [2.75, 3.05) is 0 Å². The average Bonchev–Trinajstić information content (AvgIpc) is 2.96. The molecule has 150 valence electrons. The normalized spacial score (nSPS) is 12.8. The fourth-order valence-corrected chi connectivity index (χ4v) is 3.94. The lowest BCUT2D eigenvalue weighted by Gasteiger charge is -2.13. The van der Waals surface area contributed by atoms with Crippen molar-refractivity contribution in [2.24, 2.45) is 0 Å². The lowest BCUT2D eigenvalue weighted by Crippen LogP contribution is -2.11. The van der Waals surface area contributed by atoms with Crippen LogP contribution in [0.3, 0.4) is 0 Å². The molecule has 29 heavy (non-hydrogen) atoms. The van der Waals surface area contributed by atoms with Gasteiger partial charge in [-0.15, -0.1) is 0 Å². The average molecular weight is 406 g/mol. The van der Waals surface area contributed by atoms with Gasteiger partial charge in [0, 0.05) is 5.56 Å². The van der Waals surface area contributed by atoms with Crippen LogP contribution in [0.5, 0.6) is 0 Å². The van der Waals surface area contributed by atoms with E-state index in [1.165, 1.54) is 17.7 Å². The van der Waals surface area contributed by atoms with E-state index in [1.54, 1.807) is 0 Å². The van der Waals surface area contributed by atoms with Gasteiger partial charge < -0.3 is 0 Å². The third-order valence-corrected chi connectivity index (χ3v) is 5.21. The molecule has 3 aromatic rings. The summed E-state index contributed by atoms with van der Waals surface area (Å²) in [5.74, 6) is -4.27. The third kappa shape index (κ3) is 3.41. The number of hydrogen-bond acceptors (Lipinski definition) is 0. The topological polar surface area (TPSA) is 0 Å². The molecule has 0 saturated carbocycles. The van der Waals surface area contributed by atoms with E-state index in [2.05, 4.69) is 13.0 Å². The Balaban J connectivity index is 1.78. The van der Waals surface area contributed by atoms with Crippen LogP contribution < -0.4 is 0 Å². The molecule has 6 heteroatoms. The van der Waals surface area contributed by atoms with E-state index in [1.807, 2.05) is 12.1 Å². The van der Waals surface area contributed by atoms with Crippen molar-refractivity contribution in [3.05, 3.63) is 82.2 Å². The molecule has 0 radical (unpaired) electrons. The van der Waals surface area contributed by atoms with Crippen molar-refractivity contribution < 1.29 is 26.3 Å². The summed E-state index contributed by atoms with van der Waals surface area (Å²) in [5, 5.41) is 0. The minimum absolute atomic E-state index is 0.128. The van der Waals surface area contributed by atoms with E-state index in [0.29, 0.717) is 24.1 Å². The first-order chi connectivity index (χ1) is 13.7. The summed E-state index contributed by atoms with van der Waals surface area (Å²) in [5.41, 5.74) is 2.20. The van der Waals surface area contributed by atoms with Crippen LogP contribution in [0.1, 0.15) is 35.6 Å². The van der Waals surface area contributed by atoms with Gasteiger partial charge in [-0.2, -0.15) is 13.2 Å². The van der Waals surface area contributed by atoms with Crippen LogP contribution in [0.15, 0.2) is 42.5 Å². The molecule has 0 atom stereocenters. The van der Waals surface area contributed by atoms with Gasteiger partial charge in [-0.1, -0.05) is 31.5 Å². The standard InChI is InChI=1S/C23H16F6/c1-2-3-12-4-5-16-13(6-12)7-14-8-18(19(24)11-17(14)16)15-9-20(25)22(21(26)10-15)23(27,28)29/h4-6,8-11H,2-3,7H2,1H3. The van der Waals surface area contributed by atoms with Crippen LogP contribution in [0.4, 0.5) is 26.3 Å². The van der Waals surface area contributed by atoms with Gasteiger partial charge in [-0.3, -0.25) is 0 Å². The SMILES string of the molecule is CCCc1ccc2c(c1)Cc1cc(-c3cc(F)c(C(F)(F)F)c(F)c3)c(F)cc1-2. The molecule has 0 nitrogen and oxygen atoms in total. The molecule has 0 aromatic heterocycles. The first-order valence-corrected chi connectivity index (χ1v) is 9.20. The van der Waals surface area contributed by atoms with Crippen molar-refractivity contribution in [1.82, 2.24) is 0 Å². The molecule has 0 heterocycles. The second-order valence-electron chi connectivity index (χ2n) is 7.22. The van der Waals surface area contributed by atoms with E-state index in [-0.39, 0.29) is 11.1 Å². The Hall–Kier alpha value is -2.76. The van der Waals surface area contributed by atoms with Crippen LogP contribution >= 0.6 is 0 Å². The largest absolute Gasteiger partial charge is 0.422 e. The zero-order chi connectivity index (χ0) is 20.9. The van der Waals surface area contributed by atoms with Gasteiger partial charge in [-0.05, 0) is 70.5 Å². The van der Waals surface area contributed by atoms with Crippen molar-refractivity contribution >= 4 is 0 Å². The summed E-state index contributed by atoms with van der Waals surface area (Å²) in [7, 11) is 0. The summed E-state index contributed by atoms with van der Waals surface area (Å²) in [6, 6.07) is 9.78. The molecular formula is C23H16F6. The van der Waals surface area contributed by atoms with Crippen molar-refractivity contribution in [1.29, 1.82) is 0 Å². The summed E-state index contributed by atoms with van der Waals surface area (Å²) in [6.45, 7) is 2.08. The van der Waals surface area contributed by atoms with Crippen molar-refractivity contribution in [2.45, 2.75) is 32.4 Å². The Morgan fingerprint density at radius 2 is 1.41 bits per heavy atom. The fraction of sp³-hybridized carbons (Fsp3) is 0.217. The minimum Gasteiger partial charge on any atom is -0.206 e. The van der Waals surface area contributed by atoms with Crippen LogP contribution in [0.25, 0.3) is 22.3 Å². The van der Waals surface area contributed by atoms with Crippen LogP contribution in [-0.4, -0.2) is 0 Å². The molecule has 0 N–H and O–H groups in total. The maximum atomic E-state index is 14.8. The minimum atomic E-state index is -5.17. The number of hydrogen-bond donors (Lipinski definition) is 0. The van der Waals surface area contributed by atoms with Gasteiger partial charge in [0.15, 0.2) is 0 Å². The zero-order valence-electron chi connectivity index (χ0n) is 15.4. The quantitative estimate of drug-likeness (QED) is 0.313. The Morgan fingerprint density at radius 3 is 2.03 bits per heavy atom. The van der Waals surface area contributed by atoms with E-state index in [0.717, 1.165) is 29.5 Å². The molecule has 0 amide bonds. The van der Waals surface area contributed by atoms with Gasteiger partial charge >= 0.3 is 6.18 Å². The highest BCUT2D eigenvalue weighted by molar-refractivity contribution is 5.81. The van der Waals surface area contributed by atoms with E-state index < -0.39 is 29.2 Å². The van der Waals surface area contributed by atoms with Gasteiger partial charge in [0.25, 0.3) is 0 Å². The summed E-state index contributed by atoms with van der Waals surface area (Å²) in [6.07, 6.45) is -2.72. The van der Waals surface area contributed by atoms with Gasteiger partial charge in [0.2, 0.25) is 0 Å². The molecule has 3 aromatic carbocycles. The molecule has 0 aliphatic heterocycles.